The van der Waals surface area contributed by atoms with Gasteiger partial charge in [-0.05, 0) is 58.1 Å². The van der Waals surface area contributed by atoms with Gasteiger partial charge in [0, 0.05) is 32.7 Å². The number of hydrogen-bond acceptors (Lipinski definition) is 16. The largest absolute Gasteiger partial charge is 0.448 e. The average Bonchev–Trinajstić information content (AvgIpc) is 4.01. The van der Waals surface area contributed by atoms with E-state index in [0.717, 1.165) is 23.1 Å². The maximum absolute atomic E-state index is 15.1. The zero-order valence-electron chi connectivity index (χ0n) is 44.5. The fourth-order valence-electron chi connectivity index (χ4n) is 8.45. The number of nitrogens with one attached hydrogen (secondary N) is 3. The van der Waals surface area contributed by atoms with Crippen LogP contribution in [0.2, 0.25) is 0 Å². The van der Waals surface area contributed by atoms with Gasteiger partial charge in [0.25, 0.3) is 11.8 Å². The van der Waals surface area contributed by atoms with Crippen LogP contribution in [-0.4, -0.2) is 92.7 Å². The third-order valence-corrected chi connectivity index (χ3v) is 15.0. The Morgan fingerprint density at radius 3 is 1.79 bits per heavy atom. The van der Waals surface area contributed by atoms with E-state index in [1.165, 1.54) is 28.1 Å². The van der Waals surface area contributed by atoms with Gasteiger partial charge in [-0.2, -0.15) is 0 Å². The Morgan fingerprint density at radius 1 is 0.762 bits per heavy atom. The van der Waals surface area contributed by atoms with Crippen molar-refractivity contribution in [3.05, 3.63) is 213 Å². The molecule has 1 fully saturated rings. The normalized spacial score (nSPS) is 16.0. The van der Waals surface area contributed by atoms with Crippen LogP contribution in [0.1, 0.15) is 81.2 Å². The molecule has 80 heavy (non-hydrogen) atoms. The van der Waals surface area contributed by atoms with Crippen LogP contribution in [-0.2, 0) is 43.8 Å². The quantitative estimate of drug-likeness (QED) is 0.0147. The lowest BCUT2D eigenvalue weighted by Gasteiger charge is -2.49. The third-order valence-electron chi connectivity index (χ3n) is 11.9. The van der Waals surface area contributed by atoms with Gasteiger partial charge in [-0.3, -0.25) is 19.8 Å². The van der Waals surface area contributed by atoms with E-state index in [1.54, 1.807) is 47.0 Å². The van der Waals surface area contributed by atoms with E-state index in [0.29, 0.717) is 32.7 Å². The summed E-state index contributed by atoms with van der Waals surface area (Å²) in [6, 6.07) is 44.3. The summed E-state index contributed by atoms with van der Waals surface area (Å²) < 4.78 is 22.3. The summed E-state index contributed by atoms with van der Waals surface area (Å²) >= 11 is 3.37. The number of anilines is 1. The molecule has 0 bridgehead atoms. The number of ether oxygens (including phenoxy) is 4. The fourth-order valence-corrected chi connectivity index (χ4v) is 11.5. The molecule has 6 aromatic rings. The van der Waals surface area contributed by atoms with Crippen LogP contribution in [0.5, 0.6) is 0 Å². The first kappa shape index (κ1) is 57.8. The summed E-state index contributed by atoms with van der Waals surface area (Å²) in [5, 5.41) is 15.1. The number of thioether (sulfide) groups is 2. The predicted octanol–water partition coefficient (Wildman–Crippen LogP) is 10.4. The van der Waals surface area contributed by atoms with Crippen LogP contribution in [0, 0.1) is 0 Å². The van der Waals surface area contributed by atoms with Gasteiger partial charge >= 0.3 is 24.2 Å². The first-order chi connectivity index (χ1) is 38.3. The number of nitrogens with zero attached hydrogens (tertiary/aromatic N) is 3. The topological polar surface area (TPSA) is 239 Å². The molecule has 8 rings (SSSR count). The molecule has 1 aromatic heterocycles. The van der Waals surface area contributed by atoms with Crippen molar-refractivity contribution in [1.82, 2.24) is 20.5 Å². The van der Waals surface area contributed by atoms with Crippen LogP contribution in [0.15, 0.2) is 184 Å². The summed E-state index contributed by atoms with van der Waals surface area (Å²) in [5.41, 5.74) is 5.15. The Labute approximate surface area is 475 Å². The van der Waals surface area contributed by atoms with Crippen molar-refractivity contribution in [2.24, 2.45) is 10.9 Å². The Kier molecular flexibility index (Phi) is 18.5. The van der Waals surface area contributed by atoms with E-state index in [4.69, 9.17) is 29.5 Å². The van der Waals surface area contributed by atoms with Crippen molar-refractivity contribution in [3.8, 4) is 0 Å². The maximum atomic E-state index is 15.1. The number of alkyl carbamates (subject to hydrolysis) is 1. The Balaban J connectivity index is 1.15. The number of esters is 1. The number of thiazole rings is 1. The second-order valence-corrected chi connectivity index (χ2v) is 23.0. The molecule has 3 atom stereocenters. The highest BCUT2D eigenvalue weighted by Crippen LogP contribution is 2.45. The summed E-state index contributed by atoms with van der Waals surface area (Å²) in [6.07, 6.45) is -1.99. The van der Waals surface area contributed by atoms with Gasteiger partial charge in [0.1, 0.15) is 40.6 Å². The minimum Gasteiger partial charge on any atom is -0.448 e. The van der Waals surface area contributed by atoms with Crippen LogP contribution < -0.4 is 21.7 Å². The number of fused-ring (bicyclic) bond motifs is 1. The van der Waals surface area contributed by atoms with Gasteiger partial charge in [-0.15, -0.1) is 23.1 Å². The smallest absolute Gasteiger partial charge is 0.413 e. The molecule has 18 nitrogen and oxygen atoms in total. The van der Waals surface area contributed by atoms with Crippen molar-refractivity contribution in [3.63, 3.8) is 0 Å². The summed E-state index contributed by atoms with van der Waals surface area (Å²) in [4.78, 5) is 95.2. The van der Waals surface area contributed by atoms with E-state index in [1.807, 2.05) is 152 Å². The first-order valence-corrected chi connectivity index (χ1v) is 28.0. The fraction of sp³-hybridized carbons (Fsp3) is 0.254. The minimum absolute atomic E-state index is 0.00441. The highest BCUT2D eigenvalue weighted by molar-refractivity contribution is 8.08. The molecule has 0 saturated carbocycles. The molecule has 0 aliphatic carbocycles. The van der Waals surface area contributed by atoms with Crippen molar-refractivity contribution in [2.75, 3.05) is 17.7 Å². The van der Waals surface area contributed by atoms with Crippen LogP contribution >= 0.6 is 34.9 Å². The molecule has 1 unspecified atom stereocenters. The molecule has 1 saturated heterocycles. The second-order valence-electron chi connectivity index (χ2n) is 20.0. The van der Waals surface area contributed by atoms with Crippen molar-refractivity contribution >= 4 is 81.8 Å². The number of β-lactam (4-membered cyclic amide) rings is 1. The molecule has 2 aliphatic heterocycles. The number of carbonyl (C=O) groups excluding carboxylic acids is 6. The number of rotatable bonds is 19. The lowest BCUT2D eigenvalue weighted by atomic mass is 9.80. The Hall–Kier alpha value is -8.40. The molecule has 414 valence electrons. The molecule has 21 heteroatoms. The number of benzene rings is 5. The highest BCUT2D eigenvalue weighted by atomic mass is 32.2. The average molecular weight is 1140 g/mol. The maximum Gasteiger partial charge on any atom is 0.413 e. The minimum atomic E-state index is -1.44. The molecule has 5 N–H and O–H groups in total. The Morgan fingerprint density at radius 2 is 1.27 bits per heavy atom. The van der Waals surface area contributed by atoms with Crippen LogP contribution in [0.25, 0.3) is 0 Å². The van der Waals surface area contributed by atoms with Gasteiger partial charge < -0.3 is 40.2 Å². The SMILES string of the molecule is CC(C)(C)OC(=O)Nc1nc(/C(=N/OC(c2ccccc2)(c2ccccc2)c2ccccc2)C(=O)NC2C(=O)N3C(C(=O)OC(c4ccccc4)c4ccccc4)=C(S/C=C\[C@H](COC(N)=O)NC(=O)OC(C)(C)C)CS[C@H]23)cs1. The number of aromatic nitrogens is 1. The van der Waals surface area contributed by atoms with Crippen LogP contribution in [0.3, 0.4) is 0 Å². The number of carbonyl (C=O) groups is 6. The standard InChI is InChI=1S/C59H59N7O11S3/c1-57(2,3)75-55(71)61-42(34-73-53(60)70)32-33-78-44-36-79-51-46(50(68)66(51)47(44)52(69)74-48(37-22-12-7-13-23-37)38-24-14-8-15-25-38)63-49(67)45(43-35-80-54(62-43)64-56(72)76-58(4,5)6)65-77-59(39-26-16-9-17-27-39,40-28-18-10-19-29-40)41-30-20-11-21-31-41/h7-33,35,42,46,48,51H,34,36H2,1-6H3,(H2,60,70)(H,61,71)(H,63,67)(H,62,64,72)/b33-32-,65-45-/t42-,46?,51-/m1/s1. The highest BCUT2D eigenvalue weighted by Gasteiger charge is 2.55. The second kappa shape index (κ2) is 25.6. The first-order valence-electron chi connectivity index (χ1n) is 25.2. The molecular weight excluding hydrogens is 1080 g/mol. The molecule has 0 radical (unpaired) electrons. The van der Waals surface area contributed by atoms with Crippen LogP contribution in [0.4, 0.5) is 19.5 Å². The predicted molar refractivity (Wildman–Crippen MR) is 307 cm³/mol. The van der Waals surface area contributed by atoms with Crippen molar-refractivity contribution in [1.29, 1.82) is 0 Å². The van der Waals surface area contributed by atoms with Crippen molar-refractivity contribution < 1.29 is 52.6 Å². The van der Waals surface area contributed by atoms with Gasteiger partial charge in [-0.1, -0.05) is 175 Å². The number of nitrogens with two attached hydrogens (primary N) is 1. The number of primary amides is 1. The van der Waals surface area contributed by atoms with Crippen molar-refractivity contribution in [2.45, 2.75) is 81.9 Å². The zero-order chi connectivity index (χ0) is 57.0. The van der Waals surface area contributed by atoms with Gasteiger partial charge in [0.05, 0.1) is 6.04 Å². The lowest BCUT2D eigenvalue weighted by molar-refractivity contribution is -0.154. The van der Waals surface area contributed by atoms with E-state index >= 15 is 4.79 Å². The molecule has 5 amide bonds. The number of amides is 5. The zero-order valence-corrected chi connectivity index (χ0v) is 47.0. The van der Waals surface area contributed by atoms with E-state index in [-0.39, 0.29) is 34.6 Å². The third kappa shape index (κ3) is 14.4. The molecule has 3 heterocycles. The summed E-state index contributed by atoms with van der Waals surface area (Å²) in [5.74, 6) is -2.18. The van der Waals surface area contributed by atoms with E-state index in [2.05, 4.69) is 26.1 Å². The molecular formula is C59H59N7O11S3. The van der Waals surface area contributed by atoms with E-state index in [9.17, 15) is 24.0 Å². The number of hydrogen-bond donors (Lipinski definition) is 4. The van der Waals surface area contributed by atoms with Gasteiger partial charge in [0.15, 0.2) is 16.9 Å². The van der Waals surface area contributed by atoms with Gasteiger partial charge in [0.2, 0.25) is 5.60 Å². The summed E-state index contributed by atoms with van der Waals surface area (Å²) in [7, 11) is 0. The van der Waals surface area contributed by atoms with Gasteiger partial charge in [-0.25, -0.2) is 24.2 Å². The lowest BCUT2D eigenvalue weighted by Crippen LogP contribution is -2.71. The molecule has 0 spiro atoms. The number of oxime groups is 1. The summed E-state index contributed by atoms with van der Waals surface area (Å²) in [6.45, 7) is 9.91. The molecule has 5 aromatic carbocycles. The monoisotopic (exact) mass is 1140 g/mol. The molecule has 2 aliphatic rings. The Bertz CT molecular complexity index is 3120. The van der Waals surface area contributed by atoms with E-state index < -0.39 is 76.4 Å².